The topological polar surface area (TPSA) is 20.3 Å². The summed E-state index contributed by atoms with van der Waals surface area (Å²) in [5.74, 6) is 2.05. The Kier molecular flexibility index (Phi) is 3.22. The van der Waals surface area contributed by atoms with Crippen molar-refractivity contribution in [2.75, 3.05) is 31.1 Å². The standard InChI is InChI=1S/C7H11NOS/c1-7(9)6-8-2-4-10-5-3-8/h1H,2-6H2. The Morgan fingerprint density at radius 2 is 2.10 bits per heavy atom. The zero-order chi connectivity index (χ0) is 7.40. The molecule has 1 saturated heterocycles. The summed E-state index contributed by atoms with van der Waals surface area (Å²) in [7, 11) is 0. The van der Waals surface area contributed by atoms with Crippen LogP contribution in [0.3, 0.4) is 0 Å². The van der Waals surface area contributed by atoms with Crippen LogP contribution in [0.15, 0.2) is 0 Å². The van der Waals surface area contributed by atoms with Crippen LogP contribution in [0.1, 0.15) is 0 Å². The lowest BCUT2D eigenvalue weighted by atomic mass is 10.4. The van der Waals surface area contributed by atoms with Crippen molar-refractivity contribution in [3.05, 3.63) is 6.92 Å². The van der Waals surface area contributed by atoms with Gasteiger partial charge >= 0.3 is 0 Å². The minimum Gasteiger partial charge on any atom is -0.298 e. The lowest BCUT2D eigenvalue weighted by Gasteiger charge is -2.24. The summed E-state index contributed by atoms with van der Waals surface area (Å²) in [4.78, 5) is 12.5. The van der Waals surface area contributed by atoms with Gasteiger partial charge in [0.05, 0.1) is 6.54 Å². The number of hydrogen-bond acceptors (Lipinski definition) is 3. The lowest BCUT2D eigenvalue weighted by Crippen LogP contribution is -2.35. The Bertz CT molecular complexity index is 121. The largest absolute Gasteiger partial charge is 0.298 e. The highest BCUT2D eigenvalue weighted by Gasteiger charge is 2.10. The molecule has 0 aliphatic carbocycles. The van der Waals surface area contributed by atoms with Crippen LogP contribution in [0.2, 0.25) is 0 Å². The molecule has 0 unspecified atom stereocenters. The van der Waals surface area contributed by atoms with E-state index in [-0.39, 0.29) is 5.78 Å². The van der Waals surface area contributed by atoms with E-state index in [9.17, 15) is 4.79 Å². The molecule has 2 radical (unpaired) electrons. The first-order chi connectivity index (χ1) is 4.79. The van der Waals surface area contributed by atoms with Crippen LogP contribution < -0.4 is 0 Å². The molecule has 1 heterocycles. The maximum atomic E-state index is 10.4. The predicted octanol–water partition coefficient (Wildman–Crippen LogP) is 0.315. The third kappa shape index (κ3) is 2.71. The molecule has 0 amide bonds. The summed E-state index contributed by atoms with van der Waals surface area (Å²) in [5, 5.41) is 0. The van der Waals surface area contributed by atoms with E-state index in [1.165, 1.54) is 0 Å². The lowest BCUT2D eigenvalue weighted by molar-refractivity contribution is -0.115. The molecule has 2 nitrogen and oxygen atoms in total. The van der Waals surface area contributed by atoms with Gasteiger partial charge in [0.1, 0.15) is 0 Å². The van der Waals surface area contributed by atoms with E-state index >= 15 is 0 Å². The molecule has 0 bridgehead atoms. The van der Waals surface area contributed by atoms with E-state index in [4.69, 9.17) is 6.92 Å². The third-order valence-electron chi connectivity index (χ3n) is 1.48. The van der Waals surface area contributed by atoms with Gasteiger partial charge in [0, 0.05) is 31.5 Å². The van der Waals surface area contributed by atoms with E-state index < -0.39 is 0 Å². The van der Waals surface area contributed by atoms with Gasteiger partial charge in [-0.25, -0.2) is 0 Å². The smallest absolute Gasteiger partial charge is 0.151 e. The molecule has 0 spiro atoms. The van der Waals surface area contributed by atoms with Gasteiger partial charge in [0.15, 0.2) is 5.78 Å². The zero-order valence-corrected chi connectivity index (χ0v) is 6.69. The molecule has 1 aliphatic heterocycles. The minimum atomic E-state index is -0.216. The van der Waals surface area contributed by atoms with Crippen molar-refractivity contribution in [2.24, 2.45) is 0 Å². The molecular formula is C7H11NOS. The van der Waals surface area contributed by atoms with Gasteiger partial charge in [-0.2, -0.15) is 11.8 Å². The maximum absolute atomic E-state index is 10.4. The van der Waals surface area contributed by atoms with Crippen molar-refractivity contribution >= 4 is 17.5 Å². The van der Waals surface area contributed by atoms with E-state index in [0.29, 0.717) is 6.54 Å². The maximum Gasteiger partial charge on any atom is 0.151 e. The molecular weight excluding hydrogens is 146 g/mol. The number of thioether (sulfide) groups is 1. The number of rotatable bonds is 2. The molecule has 1 rings (SSSR count). The van der Waals surface area contributed by atoms with Crippen molar-refractivity contribution in [1.82, 2.24) is 4.90 Å². The van der Waals surface area contributed by atoms with Gasteiger partial charge in [-0.3, -0.25) is 9.69 Å². The highest BCUT2D eigenvalue weighted by Crippen LogP contribution is 2.07. The van der Waals surface area contributed by atoms with E-state index in [1.807, 2.05) is 11.8 Å². The SMILES string of the molecule is [CH]C(=O)CN1CCSCC1. The van der Waals surface area contributed by atoms with Gasteiger partial charge in [-0.05, 0) is 0 Å². The van der Waals surface area contributed by atoms with Gasteiger partial charge in [-0.15, -0.1) is 0 Å². The number of hydrogen-bond donors (Lipinski definition) is 0. The third-order valence-corrected chi connectivity index (χ3v) is 2.43. The minimum absolute atomic E-state index is 0.216. The molecule has 1 fully saturated rings. The fourth-order valence-corrected chi connectivity index (χ4v) is 1.96. The van der Waals surface area contributed by atoms with Crippen molar-refractivity contribution in [1.29, 1.82) is 0 Å². The molecule has 0 N–H and O–H groups in total. The Morgan fingerprint density at radius 1 is 1.50 bits per heavy atom. The second-order valence-corrected chi connectivity index (χ2v) is 3.58. The first-order valence-corrected chi connectivity index (χ1v) is 4.53. The number of nitrogens with zero attached hydrogens (tertiary/aromatic N) is 1. The van der Waals surface area contributed by atoms with Crippen molar-refractivity contribution in [2.45, 2.75) is 0 Å². The highest BCUT2D eigenvalue weighted by atomic mass is 32.2. The molecule has 0 aromatic carbocycles. The van der Waals surface area contributed by atoms with Gasteiger partial charge in [0.25, 0.3) is 0 Å². The quantitative estimate of drug-likeness (QED) is 0.575. The molecule has 0 atom stereocenters. The molecule has 3 heteroatoms. The number of carbonyl (C=O) groups is 1. The summed E-state index contributed by atoms with van der Waals surface area (Å²) in [6.07, 6.45) is 0. The van der Waals surface area contributed by atoms with E-state index in [2.05, 4.69) is 4.90 Å². The second-order valence-electron chi connectivity index (χ2n) is 2.35. The second kappa shape index (κ2) is 3.98. The van der Waals surface area contributed by atoms with Gasteiger partial charge in [0.2, 0.25) is 0 Å². The zero-order valence-electron chi connectivity index (χ0n) is 5.88. The van der Waals surface area contributed by atoms with E-state index in [1.54, 1.807) is 0 Å². The molecule has 1 aliphatic rings. The number of carbonyl (C=O) groups excluding carboxylic acids is 1. The average Bonchev–Trinajstić information content (AvgIpc) is 1.88. The van der Waals surface area contributed by atoms with Crippen LogP contribution >= 0.6 is 11.8 Å². The normalized spacial score (nSPS) is 20.9. The fraction of sp³-hybridized carbons (Fsp3) is 0.714. The van der Waals surface area contributed by atoms with E-state index in [0.717, 1.165) is 24.6 Å². The predicted molar refractivity (Wildman–Crippen MR) is 43.1 cm³/mol. The average molecular weight is 157 g/mol. The Hall–Kier alpha value is -0.0200. The highest BCUT2D eigenvalue weighted by molar-refractivity contribution is 7.99. The van der Waals surface area contributed by atoms with Gasteiger partial charge in [-0.1, -0.05) is 0 Å². The Balaban J connectivity index is 2.19. The van der Waals surface area contributed by atoms with Crippen molar-refractivity contribution in [3.63, 3.8) is 0 Å². The first-order valence-electron chi connectivity index (χ1n) is 3.37. The molecule has 0 aromatic heterocycles. The van der Waals surface area contributed by atoms with Crippen LogP contribution in [-0.2, 0) is 4.79 Å². The first kappa shape index (κ1) is 8.08. The number of Topliss-reactive ketones (excluding diaryl/α,β-unsaturated/α-hetero) is 1. The van der Waals surface area contributed by atoms with Crippen LogP contribution in [0.25, 0.3) is 0 Å². The van der Waals surface area contributed by atoms with Gasteiger partial charge < -0.3 is 0 Å². The Labute approximate surface area is 66.0 Å². The summed E-state index contributed by atoms with van der Waals surface area (Å²) < 4.78 is 0. The molecule has 56 valence electrons. The summed E-state index contributed by atoms with van der Waals surface area (Å²) in [6.45, 7) is 7.48. The molecule has 0 saturated carbocycles. The van der Waals surface area contributed by atoms with Crippen molar-refractivity contribution in [3.8, 4) is 0 Å². The Morgan fingerprint density at radius 3 is 2.60 bits per heavy atom. The molecule has 10 heavy (non-hydrogen) atoms. The summed E-state index contributed by atoms with van der Waals surface area (Å²) in [6, 6.07) is 0. The van der Waals surface area contributed by atoms with Crippen LogP contribution in [-0.4, -0.2) is 41.8 Å². The van der Waals surface area contributed by atoms with Crippen LogP contribution in [0.4, 0.5) is 0 Å². The van der Waals surface area contributed by atoms with Crippen LogP contribution in [0, 0.1) is 6.92 Å². The monoisotopic (exact) mass is 157 g/mol. The number of ketones is 1. The van der Waals surface area contributed by atoms with Crippen molar-refractivity contribution < 1.29 is 4.79 Å². The summed E-state index contributed by atoms with van der Waals surface area (Å²) in [5.41, 5.74) is 0. The summed E-state index contributed by atoms with van der Waals surface area (Å²) >= 11 is 1.93. The fourth-order valence-electron chi connectivity index (χ4n) is 0.980. The van der Waals surface area contributed by atoms with Crippen LogP contribution in [0.5, 0.6) is 0 Å². The molecule has 0 aromatic rings.